The van der Waals surface area contributed by atoms with Gasteiger partial charge in [-0.1, -0.05) is 35.7 Å². The summed E-state index contributed by atoms with van der Waals surface area (Å²) in [7, 11) is 3.20. The van der Waals surface area contributed by atoms with E-state index < -0.39 is 18.4 Å². The van der Waals surface area contributed by atoms with E-state index in [1.807, 2.05) is 39.0 Å². The number of thiazole rings is 1. The van der Waals surface area contributed by atoms with Crippen LogP contribution in [-0.4, -0.2) is 58.1 Å². The van der Waals surface area contributed by atoms with Gasteiger partial charge in [0.25, 0.3) is 11.5 Å². The van der Waals surface area contributed by atoms with Crippen molar-refractivity contribution < 1.29 is 24.2 Å². The topological polar surface area (TPSA) is 101 Å². The van der Waals surface area contributed by atoms with Crippen LogP contribution >= 0.6 is 47.1 Å². The van der Waals surface area contributed by atoms with Gasteiger partial charge in [0, 0.05) is 30.1 Å². The third-order valence-electron chi connectivity index (χ3n) is 5.79. The summed E-state index contributed by atoms with van der Waals surface area (Å²) in [6.45, 7) is 6.31. The van der Waals surface area contributed by atoms with Crippen LogP contribution in [0, 0.1) is 0 Å². The third-order valence-corrected chi connectivity index (χ3v) is 9.77. The van der Waals surface area contributed by atoms with Crippen LogP contribution in [0.15, 0.2) is 32.9 Å². The second-order valence-corrected chi connectivity index (χ2v) is 11.7. The highest BCUT2D eigenvalue weighted by atomic mass is 32.2. The average Bonchev–Trinajstić information content (AvgIpc) is 3.48. The number of hydrogen-bond acceptors (Lipinski definition) is 10. The van der Waals surface area contributed by atoms with Crippen molar-refractivity contribution in [3.8, 4) is 11.5 Å². The summed E-state index contributed by atoms with van der Waals surface area (Å²) in [5.74, 6) is -0.364. The molecule has 13 heteroatoms. The molecule has 1 fully saturated rings. The summed E-state index contributed by atoms with van der Waals surface area (Å²) in [5.41, 5.74) is 1.56. The number of anilines is 1. The van der Waals surface area contributed by atoms with Gasteiger partial charge in [-0.2, -0.15) is 0 Å². The number of carboxylic acid groups (broad SMARTS) is 1. The Morgan fingerprint density at radius 2 is 1.76 bits per heavy atom. The van der Waals surface area contributed by atoms with Crippen molar-refractivity contribution in [2.45, 2.75) is 32.2 Å². The van der Waals surface area contributed by atoms with Crippen molar-refractivity contribution in [3.05, 3.63) is 42.8 Å². The lowest BCUT2D eigenvalue weighted by Crippen LogP contribution is -2.35. The first-order valence-electron chi connectivity index (χ1n) is 11.3. The van der Waals surface area contributed by atoms with Crippen molar-refractivity contribution in [2.24, 2.45) is 0 Å². The number of methoxy groups -OCH3 is 2. The number of hydrogen-bond donors (Lipinski definition) is 1. The second-order valence-electron chi connectivity index (χ2n) is 7.95. The summed E-state index contributed by atoms with van der Waals surface area (Å²) >= 11 is 9.06. The molecule has 0 bridgehead atoms. The van der Waals surface area contributed by atoms with Gasteiger partial charge in [-0.3, -0.25) is 23.9 Å². The minimum atomic E-state index is -1.15. The van der Waals surface area contributed by atoms with Crippen LogP contribution in [-0.2, 0) is 16.1 Å². The Hall–Kier alpha value is -2.74. The van der Waals surface area contributed by atoms with Gasteiger partial charge in [-0.05, 0) is 32.4 Å². The molecule has 1 saturated heterocycles. The number of carbonyl (C=O) groups is 2. The highest BCUT2D eigenvalue weighted by molar-refractivity contribution is 8.30. The van der Waals surface area contributed by atoms with Crippen molar-refractivity contribution >= 4 is 79.4 Å². The zero-order valence-electron chi connectivity index (χ0n) is 20.8. The zero-order chi connectivity index (χ0) is 27.0. The van der Waals surface area contributed by atoms with E-state index >= 15 is 0 Å². The molecular formula is C24H25N3O6S4. The summed E-state index contributed by atoms with van der Waals surface area (Å²) in [6, 6.07) is 3.88. The van der Waals surface area contributed by atoms with Gasteiger partial charge in [-0.25, -0.2) is 0 Å². The zero-order valence-corrected chi connectivity index (χ0v) is 24.1. The molecule has 3 heterocycles. The van der Waals surface area contributed by atoms with E-state index in [0.29, 0.717) is 33.8 Å². The molecule has 0 atom stereocenters. The van der Waals surface area contributed by atoms with Crippen LogP contribution in [0.4, 0.5) is 5.69 Å². The summed E-state index contributed by atoms with van der Waals surface area (Å²) in [4.78, 5) is 42.0. The van der Waals surface area contributed by atoms with Gasteiger partial charge in [-0.15, -0.1) is 11.3 Å². The fraction of sp³-hybridized carbons (Fsp3) is 0.333. The molecule has 1 aromatic heterocycles. The van der Waals surface area contributed by atoms with E-state index in [4.69, 9.17) is 26.8 Å². The number of aromatic nitrogens is 1. The number of thiocarbonyl (C=S) groups is 1. The molecule has 0 saturated carbocycles. The number of fused-ring (bicyclic) bond motifs is 1. The number of thioether (sulfide) groups is 2. The van der Waals surface area contributed by atoms with Gasteiger partial charge in [0.15, 0.2) is 11.5 Å². The number of carboxylic acids is 1. The molecule has 2 aromatic rings. The first kappa shape index (κ1) is 27.3. The molecule has 1 aromatic carbocycles. The Bertz CT molecular complexity index is 1520. The fourth-order valence-electron chi connectivity index (χ4n) is 4.03. The maximum absolute atomic E-state index is 13.4. The van der Waals surface area contributed by atoms with Crippen LogP contribution in [0.25, 0.3) is 10.5 Å². The number of ether oxygens (including phenoxy) is 2. The number of aliphatic carboxylic acids is 1. The monoisotopic (exact) mass is 579 g/mol. The Morgan fingerprint density at radius 3 is 2.35 bits per heavy atom. The van der Waals surface area contributed by atoms with Gasteiger partial charge in [0.1, 0.15) is 20.4 Å². The number of carbonyl (C=O) groups excluding carboxylic acids is 1. The number of allylic oxidation sites excluding steroid dienone is 1. The van der Waals surface area contributed by atoms with E-state index in [9.17, 15) is 14.4 Å². The van der Waals surface area contributed by atoms with Crippen molar-refractivity contribution in [1.29, 1.82) is 0 Å². The molecule has 4 rings (SSSR count). The van der Waals surface area contributed by atoms with Crippen LogP contribution in [0.2, 0.25) is 0 Å². The number of nitrogens with zero attached hydrogens (tertiary/aromatic N) is 3. The Morgan fingerprint density at radius 1 is 1.08 bits per heavy atom. The summed E-state index contributed by atoms with van der Waals surface area (Å²) in [5, 5.41) is 10.1. The van der Waals surface area contributed by atoms with E-state index in [1.54, 1.807) is 30.5 Å². The van der Waals surface area contributed by atoms with Gasteiger partial charge in [0.2, 0.25) is 0 Å². The standard InChI is InChI=1S/C24H25N3O6S4/c1-6-25-13-9-14(32-4)15(33-5)10-16(13)35-17(25)8-12(3)19-21(30)26(7-2)23(36-19)20-22(31)27(11-18(28)29)24(34)37-20/h8-10H,6-7,11H2,1-5H3,(H,28,29)/b17-8?,19-12+,23-20-. The Labute approximate surface area is 231 Å². The Kier molecular flexibility index (Phi) is 8.07. The van der Waals surface area contributed by atoms with Crippen molar-refractivity contribution in [3.63, 3.8) is 0 Å². The number of rotatable bonds is 7. The van der Waals surface area contributed by atoms with E-state index in [1.165, 1.54) is 11.3 Å². The van der Waals surface area contributed by atoms with E-state index in [2.05, 4.69) is 4.90 Å². The lowest BCUT2D eigenvalue weighted by atomic mass is 10.2. The molecule has 0 unspecified atom stereocenters. The molecule has 37 heavy (non-hydrogen) atoms. The molecular weight excluding hydrogens is 555 g/mol. The quantitative estimate of drug-likeness (QED) is 0.493. The second kappa shape index (κ2) is 10.9. The largest absolute Gasteiger partial charge is 0.493 e. The molecule has 2 aliphatic heterocycles. The van der Waals surface area contributed by atoms with E-state index in [-0.39, 0.29) is 14.8 Å². The smallest absolute Gasteiger partial charge is 0.323 e. The minimum Gasteiger partial charge on any atom is -0.493 e. The van der Waals surface area contributed by atoms with E-state index in [0.717, 1.165) is 37.8 Å². The van der Waals surface area contributed by atoms with Crippen LogP contribution in [0.5, 0.6) is 11.5 Å². The van der Waals surface area contributed by atoms with Gasteiger partial charge >= 0.3 is 5.97 Å². The maximum Gasteiger partial charge on any atom is 0.323 e. The highest BCUT2D eigenvalue weighted by Crippen LogP contribution is 2.50. The first-order valence-corrected chi connectivity index (χ1v) is 14.1. The molecule has 9 nitrogen and oxygen atoms in total. The van der Waals surface area contributed by atoms with Crippen LogP contribution in [0.1, 0.15) is 20.8 Å². The molecule has 2 aliphatic rings. The summed E-state index contributed by atoms with van der Waals surface area (Å²) < 4.78 is 13.6. The lowest BCUT2D eigenvalue weighted by molar-refractivity contribution is -0.140. The minimum absolute atomic E-state index is 0.167. The predicted molar refractivity (Wildman–Crippen MR) is 152 cm³/mol. The SMILES string of the molecule is CCN1C(=C/C(C)=c2/s/c(=C3\SC(=S)N(CC(=O)O)C3=O)n(CC)c2=O)Sc2cc(OC)c(OC)cc21. The van der Waals surface area contributed by atoms with Crippen molar-refractivity contribution in [2.75, 3.05) is 32.2 Å². The molecule has 196 valence electrons. The molecule has 0 radical (unpaired) electrons. The molecule has 1 amide bonds. The third kappa shape index (κ3) is 4.92. The first-order chi connectivity index (χ1) is 17.6. The van der Waals surface area contributed by atoms with Crippen molar-refractivity contribution in [1.82, 2.24) is 9.47 Å². The normalized spacial score (nSPS) is 18.6. The molecule has 1 N–H and O–H groups in total. The molecule has 0 aliphatic carbocycles. The number of amides is 1. The fourth-order valence-corrected chi connectivity index (χ4v) is 7.85. The van der Waals surface area contributed by atoms with Crippen LogP contribution in [0.3, 0.4) is 0 Å². The summed E-state index contributed by atoms with van der Waals surface area (Å²) in [6.07, 6.45) is 1.97. The lowest BCUT2D eigenvalue weighted by Gasteiger charge is -2.19. The van der Waals surface area contributed by atoms with Gasteiger partial charge < -0.3 is 19.5 Å². The van der Waals surface area contributed by atoms with Crippen LogP contribution < -0.4 is 29.1 Å². The average molecular weight is 580 g/mol. The molecule has 0 spiro atoms. The Balaban J connectivity index is 1.83. The van der Waals surface area contributed by atoms with Gasteiger partial charge in [0.05, 0.1) is 29.5 Å². The maximum atomic E-state index is 13.4. The number of benzene rings is 1. The highest BCUT2D eigenvalue weighted by Gasteiger charge is 2.35. The predicted octanol–water partition coefficient (Wildman–Crippen LogP) is 2.64.